The lowest BCUT2D eigenvalue weighted by atomic mass is 10.1. The van der Waals surface area contributed by atoms with Crippen LogP contribution in [0.4, 0.5) is 4.39 Å². The Kier molecular flexibility index (Phi) is 5.74. The highest BCUT2D eigenvalue weighted by molar-refractivity contribution is 5.70. The Balaban J connectivity index is 2.01. The molecule has 1 unspecified atom stereocenters. The van der Waals surface area contributed by atoms with Crippen LogP contribution in [-0.4, -0.2) is 5.97 Å². The van der Waals surface area contributed by atoms with Gasteiger partial charge >= 0.3 is 5.97 Å². The summed E-state index contributed by atoms with van der Waals surface area (Å²) >= 11 is 0. The van der Waals surface area contributed by atoms with Crippen molar-refractivity contribution in [2.24, 2.45) is 0 Å². The second-order valence-corrected chi connectivity index (χ2v) is 5.29. The van der Waals surface area contributed by atoms with Crippen LogP contribution in [0.3, 0.4) is 0 Å². The Bertz CT molecular complexity index is 665. The van der Waals surface area contributed by atoms with Crippen molar-refractivity contribution in [3.8, 4) is 5.75 Å². The maximum Gasteiger partial charge on any atom is 0.306 e. The number of benzene rings is 2. The van der Waals surface area contributed by atoms with Gasteiger partial charge in [-0.05, 0) is 38.5 Å². The van der Waals surface area contributed by atoms with E-state index in [9.17, 15) is 9.18 Å². The predicted molar refractivity (Wildman–Crippen MR) is 85.3 cm³/mol. The highest BCUT2D eigenvalue weighted by Crippen LogP contribution is 2.25. The van der Waals surface area contributed by atoms with Crippen LogP contribution in [0.5, 0.6) is 5.75 Å². The molecule has 2 aromatic carbocycles. The molecule has 2 rings (SSSR count). The molecule has 0 N–H and O–H groups in total. The SMILES string of the molecule is [CH]CC(=O)OC(C)c1ccc(OCc2ccc(C)cc2)cc1F. The van der Waals surface area contributed by atoms with Gasteiger partial charge in [-0.2, -0.15) is 0 Å². The van der Waals surface area contributed by atoms with E-state index in [0.29, 0.717) is 12.4 Å². The molecule has 120 valence electrons. The van der Waals surface area contributed by atoms with E-state index in [1.54, 1.807) is 19.1 Å². The number of hydrogen-bond acceptors (Lipinski definition) is 3. The first-order chi connectivity index (χ1) is 11.0. The zero-order valence-corrected chi connectivity index (χ0v) is 13.2. The molecule has 0 fully saturated rings. The van der Waals surface area contributed by atoms with Crippen molar-refractivity contribution in [1.29, 1.82) is 0 Å². The highest BCUT2D eigenvalue weighted by Gasteiger charge is 2.15. The van der Waals surface area contributed by atoms with Crippen molar-refractivity contribution in [1.82, 2.24) is 0 Å². The summed E-state index contributed by atoms with van der Waals surface area (Å²) in [6.45, 7) is 9.14. The lowest BCUT2D eigenvalue weighted by Crippen LogP contribution is -2.09. The van der Waals surface area contributed by atoms with Gasteiger partial charge < -0.3 is 9.47 Å². The summed E-state index contributed by atoms with van der Waals surface area (Å²) in [6.07, 6.45) is -0.929. The molecule has 23 heavy (non-hydrogen) atoms. The molecule has 0 amide bonds. The van der Waals surface area contributed by atoms with E-state index in [2.05, 4.69) is 0 Å². The van der Waals surface area contributed by atoms with Crippen LogP contribution in [0, 0.1) is 19.7 Å². The monoisotopic (exact) mass is 314 g/mol. The molecule has 0 saturated carbocycles. The number of ether oxygens (including phenoxy) is 2. The van der Waals surface area contributed by atoms with Crippen LogP contribution in [0.15, 0.2) is 42.5 Å². The minimum Gasteiger partial charge on any atom is -0.489 e. The zero-order valence-electron chi connectivity index (χ0n) is 13.2. The Morgan fingerprint density at radius 1 is 1.22 bits per heavy atom. The zero-order chi connectivity index (χ0) is 16.8. The number of hydrogen-bond donors (Lipinski definition) is 0. The van der Waals surface area contributed by atoms with Crippen LogP contribution in [-0.2, 0) is 16.1 Å². The molecule has 0 aliphatic carbocycles. The molecule has 0 bridgehead atoms. The van der Waals surface area contributed by atoms with Crippen LogP contribution in [0.2, 0.25) is 0 Å². The molecular formula is C19H19FO3. The maximum absolute atomic E-state index is 14.1. The van der Waals surface area contributed by atoms with E-state index in [1.165, 1.54) is 11.6 Å². The molecule has 0 aliphatic rings. The molecule has 0 aromatic heterocycles. The fraction of sp³-hybridized carbons (Fsp3) is 0.263. The summed E-state index contributed by atoms with van der Waals surface area (Å²) in [7, 11) is 0. The van der Waals surface area contributed by atoms with Gasteiger partial charge in [0.15, 0.2) is 0 Å². The third kappa shape index (κ3) is 4.81. The average molecular weight is 314 g/mol. The van der Waals surface area contributed by atoms with E-state index >= 15 is 0 Å². The fourth-order valence-corrected chi connectivity index (χ4v) is 2.09. The van der Waals surface area contributed by atoms with Crippen molar-refractivity contribution in [3.05, 3.63) is 71.9 Å². The average Bonchev–Trinajstić information content (AvgIpc) is 2.54. The minimum absolute atomic E-state index is 0.232. The molecule has 4 heteroatoms. The maximum atomic E-state index is 14.1. The molecule has 2 radical (unpaired) electrons. The van der Waals surface area contributed by atoms with Crippen LogP contribution < -0.4 is 4.74 Å². The first-order valence-electron chi connectivity index (χ1n) is 7.37. The number of esters is 1. The third-order valence-corrected chi connectivity index (χ3v) is 3.41. The summed E-state index contributed by atoms with van der Waals surface area (Å²) in [5.41, 5.74) is 2.46. The number of carbonyl (C=O) groups is 1. The first-order valence-corrected chi connectivity index (χ1v) is 7.37. The molecule has 0 aliphatic heterocycles. The van der Waals surface area contributed by atoms with Gasteiger partial charge in [-0.1, -0.05) is 29.8 Å². The van der Waals surface area contributed by atoms with Gasteiger partial charge in [-0.25, -0.2) is 4.39 Å². The second kappa shape index (κ2) is 7.77. The van der Waals surface area contributed by atoms with E-state index in [1.807, 2.05) is 31.2 Å². The highest BCUT2D eigenvalue weighted by atomic mass is 19.1. The Morgan fingerprint density at radius 3 is 2.52 bits per heavy atom. The molecule has 2 aromatic rings. The van der Waals surface area contributed by atoms with Crippen molar-refractivity contribution >= 4 is 5.97 Å². The van der Waals surface area contributed by atoms with E-state index in [4.69, 9.17) is 16.4 Å². The van der Waals surface area contributed by atoms with Crippen LogP contribution >= 0.6 is 0 Å². The summed E-state index contributed by atoms with van der Waals surface area (Å²) in [5.74, 6) is -0.635. The van der Waals surface area contributed by atoms with Gasteiger partial charge in [0.05, 0.1) is 0 Å². The minimum atomic E-state index is -0.697. The Hall–Kier alpha value is -2.36. The van der Waals surface area contributed by atoms with Gasteiger partial charge in [0, 0.05) is 18.1 Å². The summed E-state index contributed by atoms with van der Waals surface area (Å²) in [5, 5.41) is 0. The predicted octanol–water partition coefficient (Wildman–Crippen LogP) is 4.42. The van der Waals surface area contributed by atoms with Crippen LogP contribution in [0.25, 0.3) is 0 Å². The first kappa shape index (κ1) is 17.0. The molecular weight excluding hydrogens is 295 g/mol. The van der Waals surface area contributed by atoms with Crippen molar-refractivity contribution in [2.45, 2.75) is 33.0 Å². The van der Waals surface area contributed by atoms with Gasteiger partial charge in [0.25, 0.3) is 0 Å². The third-order valence-electron chi connectivity index (χ3n) is 3.41. The fourth-order valence-electron chi connectivity index (χ4n) is 2.09. The molecule has 1 atom stereocenters. The quantitative estimate of drug-likeness (QED) is 0.741. The van der Waals surface area contributed by atoms with E-state index in [0.717, 1.165) is 5.56 Å². The van der Waals surface area contributed by atoms with E-state index in [-0.39, 0.29) is 12.0 Å². The summed E-state index contributed by atoms with van der Waals surface area (Å²) in [6, 6.07) is 12.4. The molecule has 3 nitrogen and oxygen atoms in total. The van der Waals surface area contributed by atoms with E-state index < -0.39 is 17.9 Å². The topological polar surface area (TPSA) is 35.5 Å². The number of aryl methyl sites for hydroxylation is 1. The van der Waals surface area contributed by atoms with Gasteiger partial charge in [-0.15, -0.1) is 0 Å². The summed E-state index contributed by atoms with van der Waals surface area (Å²) < 4.78 is 24.7. The molecule has 0 spiro atoms. The number of rotatable bonds is 6. The van der Waals surface area contributed by atoms with Gasteiger partial charge in [-0.3, -0.25) is 4.79 Å². The Labute approximate surface area is 136 Å². The molecule has 0 saturated heterocycles. The lowest BCUT2D eigenvalue weighted by molar-refractivity contribution is -0.147. The smallest absolute Gasteiger partial charge is 0.306 e. The summed E-state index contributed by atoms with van der Waals surface area (Å²) in [4.78, 5) is 11.2. The Morgan fingerprint density at radius 2 is 1.91 bits per heavy atom. The van der Waals surface area contributed by atoms with Crippen molar-refractivity contribution in [3.63, 3.8) is 0 Å². The standard InChI is InChI=1S/C19H19FO3/c1-4-19(21)23-14(3)17-10-9-16(11-18(17)20)22-12-15-7-5-13(2)6-8-15/h1,5-11,14H,4,12H2,2-3H3. The second-order valence-electron chi connectivity index (χ2n) is 5.29. The van der Waals surface area contributed by atoms with Crippen molar-refractivity contribution in [2.75, 3.05) is 0 Å². The van der Waals surface area contributed by atoms with Crippen molar-refractivity contribution < 1.29 is 18.7 Å². The molecule has 0 heterocycles. The normalized spacial score (nSPS) is 11.8. The van der Waals surface area contributed by atoms with Gasteiger partial charge in [0.1, 0.15) is 24.3 Å². The van der Waals surface area contributed by atoms with Crippen LogP contribution in [0.1, 0.15) is 36.1 Å². The number of halogens is 1. The lowest BCUT2D eigenvalue weighted by Gasteiger charge is -2.15. The van der Waals surface area contributed by atoms with Gasteiger partial charge in [0.2, 0.25) is 0 Å². The number of carbonyl (C=O) groups excluding carboxylic acids is 1. The largest absolute Gasteiger partial charge is 0.489 e.